The van der Waals surface area contributed by atoms with E-state index in [1.807, 2.05) is 0 Å². The summed E-state index contributed by atoms with van der Waals surface area (Å²) in [7, 11) is -4.38. The summed E-state index contributed by atoms with van der Waals surface area (Å²) in [5.74, 6) is 0.0905. The number of alkyl halides is 3. The van der Waals surface area contributed by atoms with Crippen molar-refractivity contribution >= 4 is 15.7 Å². The highest BCUT2D eigenvalue weighted by Crippen LogP contribution is 2.40. The number of sulfonamides is 1. The van der Waals surface area contributed by atoms with Crippen LogP contribution in [0.5, 0.6) is 0 Å². The van der Waals surface area contributed by atoms with Crippen LogP contribution in [0.3, 0.4) is 0 Å². The highest BCUT2D eigenvalue weighted by molar-refractivity contribution is 7.94. The van der Waals surface area contributed by atoms with Gasteiger partial charge in [0.05, 0.1) is 4.90 Å². The third-order valence-corrected chi connectivity index (χ3v) is 4.42. The second-order valence-corrected chi connectivity index (χ2v) is 6.42. The third kappa shape index (κ3) is 3.60. The van der Waals surface area contributed by atoms with Crippen molar-refractivity contribution in [3.63, 3.8) is 0 Å². The molecule has 1 heterocycles. The molecule has 2 aromatic carbocycles. The van der Waals surface area contributed by atoms with Crippen LogP contribution in [-0.4, -0.2) is 23.9 Å². The van der Waals surface area contributed by atoms with Crippen LogP contribution in [0, 0.1) is 0 Å². The van der Waals surface area contributed by atoms with E-state index >= 15 is 0 Å². The second-order valence-electron chi connectivity index (χ2n) is 4.81. The molecule has 0 aliphatic heterocycles. The molecule has 0 spiro atoms. The average Bonchev–Trinajstić information content (AvgIpc) is 3.09. The smallest absolute Gasteiger partial charge is 0.415 e. The van der Waals surface area contributed by atoms with Gasteiger partial charge in [0.2, 0.25) is 0 Å². The molecule has 0 saturated carbocycles. The molecule has 0 unspecified atom stereocenters. The highest BCUT2D eigenvalue weighted by atomic mass is 32.2. The molecule has 130 valence electrons. The first-order valence-electron chi connectivity index (χ1n) is 6.71. The number of nitrogens with zero attached hydrogens (tertiary/aromatic N) is 5. The van der Waals surface area contributed by atoms with Gasteiger partial charge in [-0.05, 0) is 17.7 Å². The minimum Gasteiger partial charge on any atom is -0.572 e. The number of aromatic nitrogens is 4. The van der Waals surface area contributed by atoms with E-state index in [4.69, 9.17) is 0 Å². The number of hydrogen-bond acceptors (Lipinski definition) is 5. The lowest BCUT2D eigenvalue weighted by Gasteiger charge is -2.26. The molecule has 3 aromatic rings. The van der Waals surface area contributed by atoms with E-state index in [0.29, 0.717) is 5.56 Å². The van der Waals surface area contributed by atoms with Crippen molar-refractivity contribution in [2.24, 2.45) is 0 Å². The second kappa shape index (κ2) is 6.16. The van der Waals surface area contributed by atoms with Gasteiger partial charge >= 0.3 is 6.18 Å². The Kier molecular flexibility index (Phi) is 4.17. The van der Waals surface area contributed by atoms with E-state index < -0.39 is 27.5 Å². The van der Waals surface area contributed by atoms with E-state index in [-0.39, 0.29) is 10.7 Å². The summed E-state index contributed by atoms with van der Waals surface area (Å²) >= 11 is 0. The van der Waals surface area contributed by atoms with Crippen LogP contribution in [0.4, 0.5) is 18.9 Å². The summed E-state index contributed by atoms with van der Waals surface area (Å²) in [5.41, 5.74) is -1.53. The lowest BCUT2D eigenvalue weighted by molar-refractivity contribution is -0.136. The zero-order valence-corrected chi connectivity index (χ0v) is 13.0. The van der Waals surface area contributed by atoms with Gasteiger partial charge in [0.1, 0.15) is 10.0 Å². The molecule has 1 aromatic heterocycles. The van der Waals surface area contributed by atoms with Crippen LogP contribution in [0.2, 0.25) is 0 Å². The zero-order valence-electron chi connectivity index (χ0n) is 12.2. The van der Waals surface area contributed by atoms with Crippen LogP contribution < -0.4 is 5.10 Å². The quantitative estimate of drug-likeness (QED) is 0.703. The van der Waals surface area contributed by atoms with E-state index in [2.05, 4.69) is 25.3 Å². The Hall–Kier alpha value is -2.95. The molecular formula is C14H8F3N5O2S-2. The van der Waals surface area contributed by atoms with E-state index in [1.165, 1.54) is 30.3 Å². The average molecular weight is 367 g/mol. The number of halogens is 3. The summed E-state index contributed by atoms with van der Waals surface area (Å²) in [4.78, 5) is -0.299. The van der Waals surface area contributed by atoms with Crippen molar-refractivity contribution in [3.8, 4) is 11.4 Å². The van der Waals surface area contributed by atoms with Gasteiger partial charge in [-0.25, -0.2) is 8.42 Å². The maximum atomic E-state index is 13.0. The molecule has 0 radical (unpaired) electrons. The van der Waals surface area contributed by atoms with Gasteiger partial charge in [-0.1, -0.05) is 36.4 Å². The third-order valence-electron chi connectivity index (χ3n) is 3.14. The van der Waals surface area contributed by atoms with Crippen LogP contribution in [0.15, 0.2) is 53.4 Å². The molecule has 11 heteroatoms. The largest absolute Gasteiger partial charge is 0.572 e. The van der Waals surface area contributed by atoms with E-state index in [0.717, 1.165) is 18.2 Å². The van der Waals surface area contributed by atoms with Gasteiger partial charge < -0.3 is 9.82 Å². The summed E-state index contributed by atoms with van der Waals surface area (Å²) < 4.78 is 67.1. The molecule has 7 nitrogen and oxygen atoms in total. The number of hydrogen-bond donors (Lipinski definition) is 0. The standard InChI is InChI=1S/C14H8F3N5O2S/c15-14(16,17)11-6-1-2-7-12(11)20-25(23,24)10-5-3-4-9(8-10)13-18-21-22-19-13/h1-8H/q-2. The van der Waals surface area contributed by atoms with Crippen molar-refractivity contribution in [2.75, 3.05) is 0 Å². The number of benzene rings is 2. The molecule has 0 N–H and O–H groups in total. The van der Waals surface area contributed by atoms with Crippen molar-refractivity contribution in [3.05, 3.63) is 58.8 Å². The minimum atomic E-state index is -4.72. The molecule has 0 saturated heterocycles. The molecule has 25 heavy (non-hydrogen) atoms. The Labute approximate surface area is 139 Å². The molecule has 0 aliphatic carbocycles. The van der Waals surface area contributed by atoms with Gasteiger partial charge in [0.25, 0.3) is 0 Å². The summed E-state index contributed by atoms with van der Waals surface area (Å²) in [6, 6.07) is 9.48. The first-order valence-corrected chi connectivity index (χ1v) is 8.15. The van der Waals surface area contributed by atoms with Gasteiger partial charge in [-0.2, -0.15) is 18.4 Å². The Balaban J connectivity index is 1.98. The Morgan fingerprint density at radius 1 is 1.04 bits per heavy atom. The summed E-state index contributed by atoms with van der Waals surface area (Å²) in [6.45, 7) is 0. The van der Waals surface area contributed by atoms with Crippen LogP contribution in [0.1, 0.15) is 5.56 Å². The fourth-order valence-electron chi connectivity index (χ4n) is 2.03. The van der Waals surface area contributed by atoms with Crippen molar-refractivity contribution in [2.45, 2.75) is 11.1 Å². The maximum Gasteiger partial charge on any atom is 0.415 e. The maximum absolute atomic E-state index is 13.0. The lowest BCUT2D eigenvalue weighted by Crippen LogP contribution is -2.07. The minimum absolute atomic E-state index is 0.0905. The van der Waals surface area contributed by atoms with Gasteiger partial charge in [-0.3, -0.25) is 10.3 Å². The van der Waals surface area contributed by atoms with E-state index in [1.54, 1.807) is 0 Å². The highest BCUT2D eigenvalue weighted by Gasteiger charge is 2.31. The van der Waals surface area contributed by atoms with Gasteiger partial charge in [0, 0.05) is 11.4 Å². The SMILES string of the molecule is O=S(=O)([N-]c1ccccc1C(F)(F)F)c1cccc(-c2nnn[n-]2)c1. The Morgan fingerprint density at radius 2 is 1.80 bits per heavy atom. The normalized spacial score (nSPS) is 12.1. The lowest BCUT2D eigenvalue weighted by atomic mass is 10.2. The van der Waals surface area contributed by atoms with E-state index in [9.17, 15) is 21.6 Å². The van der Waals surface area contributed by atoms with Gasteiger partial charge in [-0.15, -0.1) is 5.69 Å². The van der Waals surface area contributed by atoms with Crippen LogP contribution >= 0.6 is 0 Å². The van der Waals surface area contributed by atoms with Crippen molar-refractivity contribution < 1.29 is 21.6 Å². The summed E-state index contributed by atoms with van der Waals surface area (Å²) in [6.07, 6.45) is -4.72. The summed E-state index contributed by atoms with van der Waals surface area (Å²) in [5, 5.41) is 13.8. The predicted molar refractivity (Wildman–Crippen MR) is 80.2 cm³/mol. The molecule has 0 fully saturated rings. The molecule has 0 amide bonds. The molecular weight excluding hydrogens is 359 g/mol. The topological polar surface area (TPSA) is 101 Å². The fourth-order valence-corrected chi connectivity index (χ4v) is 3.08. The fraction of sp³-hybridized carbons (Fsp3) is 0.0714. The van der Waals surface area contributed by atoms with Crippen molar-refractivity contribution in [1.82, 2.24) is 20.6 Å². The molecule has 0 atom stereocenters. The zero-order chi connectivity index (χ0) is 18.1. The first kappa shape index (κ1) is 16.9. The monoisotopic (exact) mass is 367 g/mol. The van der Waals surface area contributed by atoms with Crippen LogP contribution in [-0.2, 0) is 16.2 Å². The first-order chi connectivity index (χ1) is 11.8. The van der Waals surface area contributed by atoms with Crippen molar-refractivity contribution in [1.29, 1.82) is 0 Å². The van der Waals surface area contributed by atoms with Crippen LogP contribution in [0.25, 0.3) is 16.1 Å². The predicted octanol–water partition coefficient (Wildman–Crippen LogP) is 2.91. The number of rotatable bonds is 4. The molecule has 0 aliphatic rings. The van der Waals surface area contributed by atoms with Gasteiger partial charge in [0.15, 0.2) is 0 Å². The molecule has 0 bridgehead atoms. The Bertz CT molecular complexity index is 988. The molecule has 3 rings (SSSR count). The number of tetrazole rings is 1. The Morgan fingerprint density at radius 3 is 2.48 bits per heavy atom.